The Morgan fingerprint density at radius 1 is 1.47 bits per heavy atom. The van der Waals surface area contributed by atoms with Gasteiger partial charge in [0.25, 0.3) is 0 Å². The van der Waals surface area contributed by atoms with Gasteiger partial charge in [0, 0.05) is 11.4 Å². The maximum atomic E-state index is 11.3. The molecule has 1 N–H and O–H groups in total. The Kier molecular flexibility index (Phi) is 6.83. The van der Waals surface area contributed by atoms with Crippen LogP contribution in [0.3, 0.4) is 0 Å². The summed E-state index contributed by atoms with van der Waals surface area (Å²) in [5.41, 5.74) is 0.696. The minimum Gasteiger partial charge on any atom is -0.477 e. The highest BCUT2D eigenvalue weighted by Gasteiger charge is 2.22. The van der Waals surface area contributed by atoms with E-state index in [4.69, 9.17) is 28.3 Å². The molecule has 0 aromatic carbocycles. The quantitative estimate of drug-likeness (QED) is 0.203. The number of hydrogen-bond acceptors (Lipinski definition) is 3. The zero-order chi connectivity index (χ0) is 11.8. The van der Waals surface area contributed by atoms with Crippen molar-refractivity contribution in [3.63, 3.8) is 0 Å². The van der Waals surface area contributed by atoms with E-state index in [1.807, 2.05) is 0 Å². The number of hydrogen-bond donors (Lipinski definition) is 1. The third-order valence-corrected chi connectivity index (χ3v) is 1.84. The molecule has 0 aliphatic rings. The van der Waals surface area contributed by atoms with Crippen molar-refractivity contribution in [1.29, 1.82) is 0 Å². The van der Waals surface area contributed by atoms with Gasteiger partial charge in [0.05, 0.1) is 6.61 Å². The van der Waals surface area contributed by atoms with Crippen LogP contribution in [0.2, 0.25) is 0 Å². The van der Waals surface area contributed by atoms with Gasteiger partial charge in [-0.05, 0) is 18.6 Å². The van der Waals surface area contributed by atoms with Crippen LogP contribution < -0.4 is 0 Å². The van der Waals surface area contributed by atoms with E-state index in [-0.39, 0.29) is 18.1 Å². The van der Waals surface area contributed by atoms with Crippen molar-refractivity contribution in [2.75, 3.05) is 12.5 Å². The fraction of sp³-hybridized carbons (Fsp3) is 0.333. The maximum Gasteiger partial charge on any atom is 0.345 e. The Balaban J connectivity index is 5.24. The van der Waals surface area contributed by atoms with E-state index < -0.39 is 17.5 Å². The Hall–Kier alpha value is -1.000. The largest absolute Gasteiger partial charge is 0.477 e. The Bertz CT molecular complexity index is 307. The van der Waals surface area contributed by atoms with Crippen LogP contribution in [0, 0.1) is 0 Å². The average Bonchev–Trinajstić information content (AvgIpc) is 2.16. The number of alkyl halides is 1. The summed E-state index contributed by atoms with van der Waals surface area (Å²) in [6.07, 6.45) is 1.24. The lowest BCUT2D eigenvalue weighted by Crippen LogP contribution is -2.18. The SMILES string of the molecule is CCOC(=O)C(C(=O)O)=C(C=CCl)CCl. The normalized spacial score (nSPS) is 12.5. The summed E-state index contributed by atoms with van der Waals surface area (Å²) in [4.78, 5) is 22.1. The predicted molar refractivity (Wildman–Crippen MR) is 57.0 cm³/mol. The molecule has 0 spiro atoms. The third kappa shape index (κ3) is 4.36. The molecule has 0 saturated heterocycles. The van der Waals surface area contributed by atoms with Crippen molar-refractivity contribution in [3.05, 3.63) is 22.8 Å². The number of carboxylic acid groups (broad SMARTS) is 1. The molecule has 0 atom stereocenters. The molecule has 0 unspecified atom stereocenters. The molecule has 0 saturated carbocycles. The lowest BCUT2D eigenvalue weighted by molar-refractivity contribution is -0.143. The van der Waals surface area contributed by atoms with Crippen LogP contribution in [0.15, 0.2) is 22.8 Å². The van der Waals surface area contributed by atoms with E-state index in [2.05, 4.69) is 4.74 Å². The molecule has 4 nitrogen and oxygen atoms in total. The molecule has 6 heteroatoms. The van der Waals surface area contributed by atoms with Crippen LogP contribution in [-0.4, -0.2) is 29.5 Å². The summed E-state index contributed by atoms with van der Waals surface area (Å²) < 4.78 is 4.58. The molecule has 0 aromatic heterocycles. The van der Waals surface area contributed by atoms with Gasteiger partial charge in [0.1, 0.15) is 5.57 Å². The molecule has 0 fully saturated rings. The average molecular weight is 253 g/mol. The summed E-state index contributed by atoms with van der Waals surface area (Å²) in [5, 5.41) is 8.80. The Labute approximate surface area is 97.1 Å². The molecule has 0 rings (SSSR count). The molecule has 0 amide bonds. The van der Waals surface area contributed by atoms with Gasteiger partial charge < -0.3 is 9.84 Å². The smallest absolute Gasteiger partial charge is 0.345 e. The van der Waals surface area contributed by atoms with E-state index in [0.29, 0.717) is 0 Å². The number of ether oxygens (including phenoxy) is 1. The molecule has 0 radical (unpaired) electrons. The first-order valence-corrected chi connectivity index (χ1v) is 5.01. The second kappa shape index (κ2) is 7.31. The van der Waals surface area contributed by atoms with Crippen molar-refractivity contribution in [2.24, 2.45) is 0 Å². The highest BCUT2D eigenvalue weighted by atomic mass is 35.5. The highest BCUT2D eigenvalue weighted by Crippen LogP contribution is 2.11. The van der Waals surface area contributed by atoms with Crippen LogP contribution in [0.25, 0.3) is 0 Å². The van der Waals surface area contributed by atoms with Crippen molar-refractivity contribution >= 4 is 35.1 Å². The van der Waals surface area contributed by atoms with Crippen molar-refractivity contribution in [3.8, 4) is 0 Å². The lowest BCUT2D eigenvalue weighted by atomic mass is 10.1. The van der Waals surface area contributed by atoms with E-state index in [9.17, 15) is 9.59 Å². The monoisotopic (exact) mass is 252 g/mol. The number of rotatable bonds is 5. The fourth-order valence-corrected chi connectivity index (χ4v) is 1.20. The number of carbonyl (C=O) groups is 2. The van der Waals surface area contributed by atoms with Gasteiger partial charge in [-0.15, -0.1) is 11.6 Å². The van der Waals surface area contributed by atoms with Gasteiger partial charge in [0.2, 0.25) is 0 Å². The summed E-state index contributed by atoms with van der Waals surface area (Å²) in [6, 6.07) is 0. The topological polar surface area (TPSA) is 63.6 Å². The van der Waals surface area contributed by atoms with Crippen LogP contribution >= 0.6 is 23.2 Å². The molecular weight excluding hydrogens is 243 g/mol. The highest BCUT2D eigenvalue weighted by molar-refractivity contribution is 6.26. The zero-order valence-electron chi connectivity index (χ0n) is 8.00. The minimum atomic E-state index is -1.39. The number of carboxylic acids is 1. The second-order valence-corrected chi connectivity index (χ2v) is 2.87. The van der Waals surface area contributed by atoms with Crippen LogP contribution in [0.4, 0.5) is 0 Å². The van der Waals surface area contributed by atoms with Crippen molar-refractivity contribution in [1.82, 2.24) is 0 Å². The summed E-state index contributed by atoms with van der Waals surface area (Å²) in [7, 11) is 0. The van der Waals surface area contributed by atoms with E-state index in [0.717, 1.165) is 5.54 Å². The van der Waals surface area contributed by atoms with Crippen LogP contribution in [0.1, 0.15) is 6.92 Å². The minimum absolute atomic E-state index is 0.0930. The van der Waals surface area contributed by atoms with Crippen LogP contribution in [-0.2, 0) is 14.3 Å². The molecule has 15 heavy (non-hydrogen) atoms. The van der Waals surface area contributed by atoms with E-state index in [1.54, 1.807) is 6.92 Å². The molecule has 0 heterocycles. The van der Waals surface area contributed by atoms with Gasteiger partial charge in [-0.25, -0.2) is 9.59 Å². The summed E-state index contributed by atoms with van der Waals surface area (Å²) in [6.45, 7) is 1.67. The number of aliphatic carboxylic acids is 1. The van der Waals surface area contributed by atoms with Gasteiger partial charge in [-0.2, -0.15) is 0 Å². The summed E-state index contributed by atoms with van der Waals surface area (Å²) >= 11 is 10.8. The van der Waals surface area contributed by atoms with Crippen LogP contribution in [0.5, 0.6) is 0 Å². The molecule has 0 aromatic rings. The molecule has 0 aliphatic heterocycles. The van der Waals surface area contributed by atoms with E-state index >= 15 is 0 Å². The van der Waals surface area contributed by atoms with Gasteiger partial charge >= 0.3 is 11.9 Å². The van der Waals surface area contributed by atoms with Gasteiger partial charge in [-0.3, -0.25) is 0 Å². The number of esters is 1. The third-order valence-electron chi connectivity index (χ3n) is 1.42. The van der Waals surface area contributed by atoms with Gasteiger partial charge in [-0.1, -0.05) is 11.6 Å². The van der Waals surface area contributed by atoms with E-state index in [1.165, 1.54) is 6.08 Å². The van der Waals surface area contributed by atoms with Crippen molar-refractivity contribution in [2.45, 2.75) is 6.92 Å². The first-order chi connectivity index (χ1) is 7.08. The van der Waals surface area contributed by atoms with Gasteiger partial charge in [0.15, 0.2) is 0 Å². The second-order valence-electron chi connectivity index (χ2n) is 2.35. The Morgan fingerprint density at radius 2 is 2.07 bits per heavy atom. The zero-order valence-corrected chi connectivity index (χ0v) is 9.51. The fourth-order valence-electron chi connectivity index (χ4n) is 0.830. The van der Waals surface area contributed by atoms with Crippen molar-refractivity contribution < 1.29 is 19.4 Å². The standard InChI is InChI=1S/C9H10Cl2O4/c1-2-15-9(14)7(8(12)13)6(5-11)3-4-10/h3-4H,2,5H2,1H3,(H,12,13). The molecule has 0 bridgehead atoms. The first kappa shape index (κ1) is 14.0. The summed E-state index contributed by atoms with van der Waals surface area (Å²) in [5.74, 6) is -2.45. The Morgan fingerprint density at radius 3 is 2.40 bits per heavy atom. The molecule has 84 valence electrons. The first-order valence-electron chi connectivity index (χ1n) is 4.04. The maximum absolute atomic E-state index is 11.3. The molecule has 0 aliphatic carbocycles. The number of halogens is 2. The lowest BCUT2D eigenvalue weighted by Gasteiger charge is -2.05. The predicted octanol–water partition coefficient (Wildman–Crippen LogP) is 1.92. The molecular formula is C9H10Cl2O4. The number of allylic oxidation sites excluding steroid dienone is 2. The number of carbonyl (C=O) groups excluding carboxylic acids is 1.